The third-order valence-corrected chi connectivity index (χ3v) is 4.96. The van der Waals surface area contributed by atoms with Crippen LogP contribution in [0.4, 0.5) is 0 Å². The van der Waals surface area contributed by atoms with E-state index in [0.29, 0.717) is 6.54 Å². The molecule has 5 heteroatoms. The molecule has 1 N–H and O–H groups in total. The summed E-state index contributed by atoms with van der Waals surface area (Å²) in [6, 6.07) is 18.2. The molecule has 5 nitrogen and oxygen atoms in total. The number of hydrogen-bond donors (Lipinski definition) is 1. The number of hydrogen-bond acceptors (Lipinski definition) is 3. The second-order valence-electron chi connectivity index (χ2n) is 6.74. The molecule has 26 heavy (non-hydrogen) atoms. The Bertz CT molecular complexity index is 887. The van der Waals surface area contributed by atoms with Crippen LogP contribution in [0.25, 0.3) is 5.69 Å². The summed E-state index contributed by atoms with van der Waals surface area (Å²) < 4.78 is 1.82. The van der Waals surface area contributed by atoms with Crippen molar-refractivity contribution >= 4 is 5.91 Å². The fourth-order valence-corrected chi connectivity index (χ4v) is 3.44. The van der Waals surface area contributed by atoms with Gasteiger partial charge in [0.25, 0.3) is 0 Å². The summed E-state index contributed by atoms with van der Waals surface area (Å²) in [5.41, 5.74) is 4.67. The van der Waals surface area contributed by atoms with E-state index in [1.165, 1.54) is 11.1 Å². The highest BCUT2D eigenvalue weighted by Crippen LogP contribution is 2.22. The Morgan fingerprint density at radius 3 is 2.62 bits per heavy atom. The second-order valence-corrected chi connectivity index (χ2v) is 6.74. The molecule has 4 rings (SSSR count). The maximum absolute atomic E-state index is 12.7. The molecule has 0 bridgehead atoms. The van der Waals surface area contributed by atoms with E-state index in [0.717, 1.165) is 24.2 Å². The van der Waals surface area contributed by atoms with E-state index in [2.05, 4.69) is 33.5 Å². The van der Waals surface area contributed by atoms with Gasteiger partial charge in [-0.05, 0) is 48.4 Å². The van der Waals surface area contributed by atoms with E-state index in [-0.39, 0.29) is 11.9 Å². The minimum atomic E-state index is -0.117. The van der Waals surface area contributed by atoms with Crippen molar-refractivity contribution in [2.24, 2.45) is 0 Å². The van der Waals surface area contributed by atoms with E-state index < -0.39 is 0 Å². The van der Waals surface area contributed by atoms with Gasteiger partial charge in [0.15, 0.2) is 0 Å². The molecule has 2 aromatic carbocycles. The minimum Gasteiger partial charge on any atom is -0.351 e. The van der Waals surface area contributed by atoms with Gasteiger partial charge < -0.3 is 5.32 Å². The molecule has 1 amide bonds. The fraction of sp³-hybridized carbons (Fsp3) is 0.238. The first kappa shape index (κ1) is 16.5. The number of carbonyl (C=O) groups excluding carboxylic acids is 1. The first-order valence-corrected chi connectivity index (χ1v) is 8.84. The number of nitrogens with one attached hydrogen (secondary N) is 1. The summed E-state index contributed by atoms with van der Waals surface area (Å²) in [5, 5.41) is 7.30. The Balaban J connectivity index is 1.38. The second kappa shape index (κ2) is 7.14. The van der Waals surface area contributed by atoms with E-state index in [4.69, 9.17) is 0 Å². The van der Waals surface area contributed by atoms with Gasteiger partial charge in [0.05, 0.1) is 11.7 Å². The lowest BCUT2D eigenvalue weighted by Gasteiger charge is -2.33. The van der Waals surface area contributed by atoms with Gasteiger partial charge in [-0.25, -0.2) is 4.68 Å². The Morgan fingerprint density at radius 2 is 1.88 bits per heavy atom. The lowest BCUT2D eigenvalue weighted by Crippen LogP contribution is -2.48. The number of benzene rings is 2. The molecule has 0 fully saturated rings. The van der Waals surface area contributed by atoms with Crippen LogP contribution in [0, 0.1) is 0 Å². The maximum Gasteiger partial charge on any atom is 0.237 e. The normalized spacial score (nSPS) is 16.9. The van der Waals surface area contributed by atoms with Gasteiger partial charge >= 0.3 is 0 Å². The average Bonchev–Trinajstić information content (AvgIpc) is 3.21. The maximum atomic E-state index is 12.7. The van der Waals surface area contributed by atoms with E-state index in [1.54, 1.807) is 6.20 Å². The lowest BCUT2D eigenvalue weighted by atomic mass is 9.94. The molecule has 1 aliphatic rings. The van der Waals surface area contributed by atoms with Crippen molar-refractivity contribution in [2.75, 3.05) is 7.05 Å². The van der Waals surface area contributed by atoms with Crippen molar-refractivity contribution < 1.29 is 4.79 Å². The molecular weight excluding hydrogens is 324 g/mol. The molecular formula is C21H22N4O. The Kier molecular flexibility index (Phi) is 4.54. The van der Waals surface area contributed by atoms with E-state index >= 15 is 0 Å². The van der Waals surface area contributed by atoms with Gasteiger partial charge in [-0.1, -0.05) is 36.4 Å². The van der Waals surface area contributed by atoms with Crippen LogP contribution in [0.15, 0.2) is 67.0 Å². The highest BCUT2D eigenvalue weighted by molar-refractivity contribution is 5.82. The zero-order valence-corrected chi connectivity index (χ0v) is 14.8. The van der Waals surface area contributed by atoms with E-state index in [9.17, 15) is 4.79 Å². The average molecular weight is 346 g/mol. The smallest absolute Gasteiger partial charge is 0.237 e. The highest BCUT2D eigenvalue weighted by atomic mass is 16.2. The van der Waals surface area contributed by atoms with Crippen molar-refractivity contribution in [2.45, 2.75) is 25.6 Å². The van der Waals surface area contributed by atoms with Crippen LogP contribution >= 0.6 is 0 Å². The molecule has 1 aromatic heterocycles. The quantitative estimate of drug-likeness (QED) is 0.790. The predicted octanol–water partition coefficient (Wildman–Crippen LogP) is 2.55. The minimum absolute atomic E-state index is 0.0816. The van der Waals surface area contributed by atoms with Gasteiger partial charge in [0, 0.05) is 25.5 Å². The third-order valence-electron chi connectivity index (χ3n) is 4.96. The number of rotatable bonds is 4. The van der Waals surface area contributed by atoms with Crippen molar-refractivity contribution in [3.05, 3.63) is 83.7 Å². The topological polar surface area (TPSA) is 50.2 Å². The number of amides is 1. The zero-order valence-electron chi connectivity index (χ0n) is 14.8. The summed E-state index contributed by atoms with van der Waals surface area (Å²) in [4.78, 5) is 14.8. The van der Waals surface area contributed by atoms with E-state index in [1.807, 2.05) is 54.3 Å². The summed E-state index contributed by atoms with van der Waals surface area (Å²) in [5.74, 6) is 0.0816. The molecule has 1 atom stereocenters. The van der Waals surface area contributed by atoms with Gasteiger partial charge in [-0.3, -0.25) is 9.69 Å². The molecule has 132 valence electrons. The molecule has 0 radical (unpaired) electrons. The third kappa shape index (κ3) is 3.39. The fourth-order valence-electron chi connectivity index (χ4n) is 3.44. The summed E-state index contributed by atoms with van der Waals surface area (Å²) in [6.07, 6.45) is 4.43. The SMILES string of the molecule is CN1Cc2ccccc2C[C@@H]1C(=O)NCc1ccc(-n2cccn2)cc1. The largest absolute Gasteiger partial charge is 0.351 e. The van der Waals surface area contributed by atoms with Gasteiger partial charge in [-0.15, -0.1) is 0 Å². The van der Waals surface area contributed by atoms with Crippen LogP contribution < -0.4 is 5.32 Å². The molecule has 0 aliphatic carbocycles. The van der Waals surface area contributed by atoms with Crippen LogP contribution in [0.2, 0.25) is 0 Å². The van der Waals surface area contributed by atoms with Gasteiger partial charge in [0.1, 0.15) is 0 Å². The van der Waals surface area contributed by atoms with Gasteiger partial charge in [0.2, 0.25) is 5.91 Å². The highest BCUT2D eigenvalue weighted by Gasteiger charge is 2.28. The zero-order chi connectivity index (χ0) is 17.9. The Labute approximate surface area is 153 Å². The first-order valence-electron chi connectivity index (χ1n) is 8.84. The number of carbonyl (C=O) groups is 1. The van der Waals surface area contributed by atoms with Crippen LogP contribution in [0.1, 0.15) is 16.7 Å². The monoisotopic (exact) mass is 346 g/mol. The summed E-state index contributed by atoms with van der Waals surface area (Å²) >= 11 is 0. The molecule has 0 spiro atoms. The first-order chi connectivity index (χ1) is 12.7. The van der Waals surface area contributed by atoms with Crippen molar-refractivity contribution in [3.8, 4) is 5.69 Å². The summed E-state index contributed by atoms with van der Waals surface area (Å²) in [7, 11) is 2.01. The molecule has 0 saturated heterocycles. The van der Waals surface area contributed by atoms with Gasteiger partial charge in [-0.2, -0.15) is 5.10 Å². The van der Waals surface area contributed by atoms with Crippen LogP contribution in [-0.2, 0) is 24.3 Å². The van der Waals surface area contributed by atoms with Crippen LogP contribution in [0.5, 0.6) is 0 Å². The Morgan fingerprint density at radius 1 is 1.12 bits per heavy atom. The molecule has 3 aromatic rings. The standard InChI is InChI=1S/C21H22N4O/c1-24-15-18-6-3-2-5-17(18)13-20(24)21(26)22-14-16-7-9-19(10-8-16)25-12-4-11-23-25/h2-12,20H,13-15H2,1H3,(H,22,26)/t20-/m1/s1. The summed E-state index contributed by atoms with van der Waals surface area (Å²) in [6.45, 7) is 1.34. The lowest BCUT2D eigenvalue weighted by molar-refractivity contribution is -0.126. The van der Waals surface area contributed by atoms with Crippen molar-refractivity contribution in [3.63, 3.8) is 0 Å². The molecule has 0 unspecified atom stereocenters. The van der Waals surface area contributed by atoms with Crippen LogP contribution in [-0.4, -0.2) is 33.7 Å². The predicted molar refractivity (Wildman–Crippen MR) is 101 cm³/mol. The van der Waals surface area contributed by atoms with Crippen molar-refractivity contribution in [1.82, 2.24) is 20.0 Å². The molecule has 1 aliphatic heterocycles. The molecule has 0 saturated carbocycles. The van der Waals surface area contributed by atoms with Crippen molar-refractivity contribution in [1.29, 1.82) is 0 Å². The number of likely N-dealkylation sites (N-methyl/N-ethyl adjacent to an activating group) is 1. The number of aromatic nitrogens is 2. The van der Waals surface area contributed by atoms with Crippen LogP contribution in [0.3, 0.4) is 0 Å². The Hall–Kier alpha value is -2.92. The number of fused-ring (bicyclic) bond motifs is 1. The molecule has 2 heterocycles. The number of nitrogens with zero attached hydrogens (tertiary/aromatic N) is 3.